The van der Waals surface area contributed by atoms with Crippen molar-refractivity contribution in [2.45, 2.75) is 27.7 Å². The maximum absolute atomic E-state index is 4.39. The second-order valence-electron chi connectivity index (χ2n) is 4.77. The fraction of sp³-hybridized carbons (Fsp3) is 0.312. The molecule has 18 heavy (non-hydrogen) atoms. The maximum Gasteiger partial charge on any atom is 0.0590 e. The summed E-state index contributed by atoms with van der Waals surface area (Å²) in [5.41, 5.74) is 4.64. The molecule has 96 valence electrons. The number of hydrazone groups is 1. The molecule has 0 unspecified atom stereocenters. The summed E-state index contributed by atoms with van der Waals surface area (Å²) in [6, 6.07) is 8.35. The zero-order chi connectivity index (χ0) is 13.5. The van der Waals surface area contributed by atoms with E-state index in [1.54, 1.807) is 0 Å². The quantitative estimate of drug-likeness (QED) is 0.431. The van der Waals surface area contributed by atoms with Crippen LogP contribution >= 0.6 is 0 Å². The van der Waals surface area contributed by atoms with Crippen LogP contribution in [0.3, 0.4) is 0 Å². The number of hydrogen-bond donors (Lipinski definition) is 0. The Kier molecular flexibility index (Phi) is 5.37. The molecule has 0 aromatic heterocycles. The first-order valence-electron chi connectivity index (χ1n) is 6.16. The summed E-state index contributed by atoms with van der Waals surface area (Å²) < 4.78 is 0. The maximum atomic E-state index is 4.39. The molecule has 0 bridgehead atoms. The zero-order valence-electron chi connectivity index (χ0n) is 11.9. The molecule has 0 radical (unpaired) electrons. The normalized spacial score (nSPS) is 10.3. The Bertz CT molecular complexity index is 456. The van der Waals surface area contributed by atoms with Crippen LogP contribution in [-0.2, 0) is 0 Å². The highest BCUT2D eigenvalue weighted by molar-refractivity contribution is 5.80. The van der Waals surface area contributed by atoms with E-state index in [0.717, 1.165) is 11.4 Å². The number of rotatable bonds is 4. The van der Waals surface area contributed by atoms with Crippen LogP contribution in [0.15, 0.2) is 47.1 Å². The van der Waals surface area contributed by atoms with E-state index < -0.39 is 0 Å². The van der Waals surface area contributed by atoms with Crippen LogP contribution in [0.5, 0.6) is 0 Å². The third-order valence-electron chi connectivity index (χ3n) is 2.33. The first kappa shape index (κ1) is 14.2. The summed E-state index contributed by atoms with van der Waals surface area (Å²) in [6.07, 6.45) is 6.28. The topological polar surface area (TPSA) is 15.6 Å². The Hall–Kier alpha value is -1.83. The van der Waals surface area contributed by atoms with Crippen molar-refractivity contribution in [2.75, 3.05) is 12.1 Å². The molecule has 0 heterocycles. The predicted octanol–water partition coefficient (Wildman–Crippen LogP) is 4.50. The van der Waals surface area contributed by atoms with Crippen molar-refractivity contribution in [1.82, 2.24) is 0 Å². The Morgan fingerprint density at radius 3 is 2.17 bits per heavy atom. The van der Waals surface area contributed by atoms with Crippen LogP contribution in [0.4, 0.5) is 5.69 Å². The smallest absolute Gasteiger partial charge is 0.0590 e. The van der Waals surface area contributed by atoms with Crippen molar-refractivity contribution < 1.29 is 0 Å². The Morgan fingerprint density at radius 2 is 1.67 bits per heavy atom. The van der Waals surface area contributed by atoms with Crippen LogP contribution in [-0.4, -0.2) is 12.8 Å². The summed E-state index contributed by atoms with van der Waals surface area (Å²) >= 11 is 0. The monoisotopic (exact) mass is 242 g/mol. The summed E-state index contributed by atoms with van der Waals surface area (Å²) in [5, 5.41) is 6.27. The van der Waals surface area contributed by atoms with Gasteiger partial charge in [-0.3, -0.25) is 5.01 Å². The molecular weight excluding hydrogens is 220 g/mol. The van der Waals surface area contributed by atoms with Crippen LogP contribution in [0.25, 0.3) is 6.08 Å². The van der Waals surface area contributed by atoms with E-state index in [-0.39, 0.29) is 0 Å². The van der Waals surface area contributed by atoms with Gasteiger partial charge in [-0.1, -0.05) is 35.9 Å². The highest BCUT2D eigenvalue weighted by Gasteiger charge is 1.97. The molecule has 0 aliphatic rings. The average molecular weight is 242 g/mol. The molecule has 0 saturated carbocycles. The highest BCUT2D eigenvalue weighted by Crippen LogP contribution is 2.15. The minimum absolute atomic E-state index is 1.05. The van der Waals surface area contributed by atoms with Crippen LogP contribution in [0, 0.1) is 0 Å². The molecule has 0 fully saturated rings. The van der Waals surface area contributed by atoms with Crippen molar-refractivity contribution >= 4 is 17.5 Å². The Labute approximate surface area is 110 Å². The van der Waals surface area contributed by atoms with Gasteiger partial charge in [-0.25, -0.2) is 0 Å². The van der Waals surface area contributed by atoms with Gasteiger partial charge >= 0.3 is 0 Å². The van der Waals surface area contributed by atoms with Crippen LogP contribution in [0.1, 0.15) is 33.3 Å². The third kappa shape index (κ3) is 5.00. The van der Waals surface area contributed by atoms with Crippen molar-refractivity contribution in [3.63, 3.8) is 0 Å². The van der Waals surface area contributed by atoms with Gasteiger partial charge in [0.25, 0.3) is 0 Å². The molecule has 1 aromatic carbocycles. The van der Waals surface area contributed by atoms with Gasteiger partial charge in [-0.05, 0) is 45.4 Å². The second kappa shape index (κ2) is 6.80. The lowest BCUT2D eigenvalue weighted by Crippen LogP contribution is -2.10. The summed E-state index contributed by atoms with van der Waals surface area (Å²) in [5.74, 6) is 0. The van der Waals surface area contributed by atoms with E-state index in [9.17, 15) is 0 Å². The van der Waals surface area contributed by atoms with E-state index in [0.29, 0.717) is 0 Å². The van der Waals surface area contributed by atoms with Gasteiger partial charge in [0, 0.05) is 12.8 Å². The largest absolute Gasteiger partial charge is 0.269 e. The van der Waals surface area contributed by atoms with Gasteiger partial charge in [-0.15, -0.1) is 0 Å². The van der Waals surface area contributed by atoms with Gasteiger partial charge in [-0.2, -0.15) is 5.10 Å². The number of benzene rings is 1. The van der Waals surface area contributed by atoms with Crippen molar-refractivity contribution in [2.24, 2.45) is 5.10 Å². The number of nitrogens with zero attached hydrogens (tertiary/aromatic N) is 2. The third-order valence-corrected chi connectivity index (χ3v) is 2.33. The minimum atomic E-state index is 1.05. The van der Waals surface area contributed by atoms with E-state index in [1.807, 2.05) is 25.9 Å². The molecule has 2 nitrogen and oxygen atoms in total. The Balaban J connectivity index is 2.77. The van der Waals surface area contributed by atoms with Crippen LogP contribution < -0.4 is 5.01 Å². The first-order valence-corrected chi connectivity index (χ1v) is 6.16. The molecule has 0 N–H and O–H groups in total. The van der Waals surface area contributed by atoms with Gasteiger partial charge in [0.1, 0.15) is 0 Å². The number of allylic oxidation sites excluding steroid dienone is 3. The lowest BCUT2D eigenvalue weighted by Gasteiger charge is -2.13. The molecule has 0 spiro atoms. The molecule has 1 aromatic rings. The summed E-state index contributed by atoms with van der Waals surface area (Å²) in [4.78, 5) is 0. The molecule has 0 atom stereocenters. The van der Waals surface area contributed by atoms with E-state index in [2.05, 4.69) is 61.4 Å². The predicted molar refractivity (Wildman–Crippen MR) is 82.1 cm³/mol. The first-order chi connectivity index (χ1) is 8.49. The van der Waals surface area contributed by atoms with Crippen molar-refractivity contribution in [3.05, 3.63) is 47.6 Å². The molecule has 0 amide bonds. The van der Waals surface area contributed by atoms with Gasteiger partial charge in [0.05, 0.1) is 5.69 Å². The highest BCUT2D eigenvalue weighted by atomic mass is 15.4. The molecule has 0 aliphatic heterocycles. The van der Waals surface area contributed by atoms with Gasteiger partial charge in [0.2, 0.25) is 0 Å². The lowest BCUT2D eigenvalue weighted by molar-refractivity contribution is 1.01. The van der Waals surface area contributed by atoms with Crippen molar-refractivity contribution in [1.29, 1.82) is 0 Å². The molecule has 0 aliphatic carbocycles. The molecular formula is C16H22N2. The number of anilines is 1. The van der Waals surface area contributed by atoms with E-state index in [1.165, 1.54) is 11.1 Å². The average Bonchev–Trinajstić information content (AvgIpc) is 2.28. The van der Waals surface area contributed by atoms with E-state index >= 15 is 0 Å². The molecule has 2 heteroatoms. The molecule has 1 rings (SSSR count). The SMILES string of the molecule is CC(C)=CC=Cc1ccc(N(C)N=C(C)C)cc1. The van der Waals surface area contributed by atoms with Crippen molar-refractivity contribution in [3.8, 4) is 0 Å². The summed E-state index contributed by atoms with van der Waals surface area (Å²) in [7, 11) is 1.96. The second-order valence-corrected chi connectivity index (χ2v) is 4.77. The fourth-order valence-electron chi connectivity index (χ4n) is 1.51. The number of hydrogen-bond acceptors (Lipinski definition) is 2. The van der Waals surface area contributed by atoms with E-state index in [4.69, 9.17) is 0 Å². The molecule has 0 saturated heterocycles. The standard InChI is InChI=1S/C16H22N2/c1-13(2)7-6-8-15-9-11-16(12-10-15)18(5)17-14(3)4/h6-12H,1-5H3. The lowest BCUT2D eigenvalue weighted by atomic mass is 10.2. The zero-order valence-corrected chi connectivity index (χ0v) is 11.9. The van der Waals surface area contributed by atoms with Gasteiger partial charge in [0.15, 0.2) is 0 Å². The Morgan fingerprint density at radius 1 is 1.06 bits per heavy atom. The minimum Gasteiger partial charge on any atom is -0.269 e. The summed E-state index contributed by atoms with van der Waals surface area (Å²) in [6.45, 7) is 8.17. The van der Waals surface area contributed by atoms with Crippen LogP contribution in [0.2, 0.25) is 0 Å². The van der Waals surface area contributed by atoms with Gasteiger partial charge < -0.3 is 0 Å². The fourth-order valence-corrected chi connectivity index (χ4v) is 1.51.